The van der Waals surface area contributed by atoms with Crippen LogP contribution in [0.1, 0.15) is 10.4 Å². The molecule has 0 aromatic carbocycles. The Hall–Kier alpha value is -0.730. The number of thiophene rings is 1. The van der Waals surface area contributed by atoms with Crippen molar-refractivity contribution in [3.8, 4) is 0 Å². The second kappa shape index (κ2) is 7.90. The molecular weight excluding hydrogens is 296 g/mol. The average molecular weight is 318 g/mol. The quantitative estimate of drug-likeness (QED) is 0.703. The van der Waals surface area contributed by atoms with Gasteiger partial charge >= 0.3 is 0 Å². The van der Waals surface area contributed by atoms with E-state index in [1.165, 1.54) is 15.6 Å². The van der Waals surface area contributed by atoms with E-state index in [2.05, 4.69) is 11.9 Å². The topological polar surface area (TPSA) is 58.6 Å². The second-order valence-electron chi connectivity index (χ2n) is 4.35. The number of hydrogen-bond donors (Lipinski definition) is 1. The average Bonchev–Trinajstić information content (AvgIpc) is 2.77. The van der Waals surface area contributed by atoms with Crippen LogP contribution in [-0.4, -0.2) is 46.6 Å². The van der Waals surface area contributed by atoms with Crippen LogP contribution < -0.4 is 5.32 Å². The first kappa shape index (κ1) is 17.3. The van der Waals surface area contributed by atoms with E-state index < -0.39 is 10.0 Å². The van der Waals surface area contributed by atoms with Gasteiger partial charge in [0.1, 0.15) is 4.21 Å². The highest BCUT2D eigenvalue weighted by Gasteiger charge is 2.25. The summed E-state index contributed by atoms with van der Waals surface area (Å²) in [6.45, 7) is 7.18. The van der Waals surface area contributed by atoms with E-state index in [9.17, 15) is 8.42 Å². The molecule has 1 aromatic heterocycles. The molecule has 0 aliphatic rings. The third kappa shape index (κ3) is 4.13. The summed E-state index contributed by atoms with van der Waals surface area (Å²) in [7, 11) is -0.0848. The van der Waals surface area contributed by atoms with Gasteiger partial charge in [0.25, 0.3) is 10.0 Å². The summed E-state index contributed by atoms with van der Waals surface area (Å²) in [6, 6.07) is 1.73. The van der Waals surface area contributed by atoms with E-state index in [4.69, 9.17) is 4.74 Å². The van der Waals surface area contributed by atoms with Crippen LogP contribution in [0.5, 0.6) is 0 Å². The molecule has 1 heterocycles. The van der Waals surface area contributed by atoms with Gasteiger partial charge in [-0.2, -0.15) is 4.31 Å². The van der Waals surface area contributed by atoms with Gasteiger partial charge in [-0.3, -0.25) is 0 Å². The molecule has 0 saturated heterocycles. The molecule has 114 valence electrons. The number of nitrogens with one attached hydrogen (secondary N) is 1. The van der Waals surface area contributed by atoms with Crippen LogP contribution in [0.25, 0.3) is 0 Å². The van der Waals surface area contributed by atoms with Crippen molar-refractivity contribution < 1.29 is 13.2 Å². The first-order chi connectivity index (χ1) is 9.47. The molecule has 5 nitrogen and oxygen atoms in total. The maximum Gasteiger partial charge on any atom is 0.252 e. The smallest absolute Gasteiger partial charge is 0.252 e. The lowest BCUT2D eigenvalue weighted by Crippen LogP contribution is -2.33. The van der Waals surface area contributed by atoms with Crippen LogP contribution in [-0.2, 0) is 21.3 Å². The molecule has 0 spiro atoms. The number of ether oxygens (including phenoxy) is 1. The van der Waals surface area contributed by atoms with E-state index in [1.807, 2.05) is 14.0 Å². The van der Waals surface area contributed by atoms with Crippen molar-refractivity contribution in [1.82, 2.24) is 9.62 Å². The summed E-state index contributed by atoms with van der Waals surface area (Å²) >= 11 is 1.31. The monoisotopic (exact) mass is 318 g/mol. The van der Waals surface area contributed by atoms with Gasteiger partial charge in [0.15, 0.2) is 0 Å². The van der Waals surface area contributed by atoms with Crippen molar-refractivity contribution in [2.75, 3.05) is 33.9 Å². The minimum absolute atomic E-state index is 0.282. The molecule has 1 N–H and O–H groups in total. The van der Waals surface area contributed by atoms with Crippen molar-refractivity contribution in [1.29, 1.82) is 0 Å². The Bertz CT molecular complexity index is 538. The fourth-order valence-corrected chi connectivity index (χ4v) is 4.88. The van der Waals surface area contributed by atoms with Crippen LogP contribution >= 0.6 is 11.3 Å². The zero-order valence-corrected chi connectivity index (χ0v) is 13.8. The second-order valence-corrected chi connectivity index (χ2v) is 7.65. The Kier molecular flexibility index (Phi) is 6.84. The summed E-state index contributed by atoms with van der Waals surface area (Å²) in [5, 5.41) is 3.04. The molecule has 0 saturated carbocycles. The zero-order chi connectivity index (χ0) is 15.2. The molecular formula is C13H22N2O3S2. The predicted octanol–water partition coefficient (Wildman–Crippen LogP) is 1.60. The summed E-state index contributed by atoms with van der Waals surface area (Å²) in [4.78, 5) is 1.04. The van der Waals surface area contributed by atoms with Crippen molar-refractivity contribution in [3.05, 3.63) is 29.2 Å². The molecule has 0 amide bonds. The van der Waals surface area contributed by atoms with Gasteiger partial charge in [0, 0.05) is 31.6 Å². The molecule has 0 aliphatic heterocycles. The lowest BCUT2D eigenvalue weighted by molar-refractivity contribution is 0.182. The van der Waals surface area contributed by atoms with Gasteiger partial charge in [-0.25, -0.2) is 8.42 Å². The third-order valence-corrected chi connectivity index (χ3v) is 6.36. The highest BCUT2D eigenvalue weighted by Crippen LogP contribution is 2.28. The molecule has 0 bridgehead atoms. The fourth-order valence-electron chi connectivity index (χ4n) is 1.73. The lowest BCUT2D eigenvalue weighted by Gasteiger charge is -2.19. The third-order valence-electron chi connectivity index (χ3n) is 2.81. The van der Waals surface area contributed by atoms with E-state index in [0.29, 0.717) is 23.9 Å². The first-order valence-electron chi connectivity index (χ1n) is 6.31. The maximum absolute atomic E-state index is 12.6. The van der Waals surface area contributed by atoms with Gasteiger partial charge in [0.2, 0.25) is 0 Å². The molecule has 7 heteroatoms. The lowest BCUT2D eigenvalue weighted by atomic mass is 10.3. The summed E-state index contributed by atoms with van der Waals surface area (Å²) < 4.78 is 32.0. The van der Waals surface area contributed by atoms with Crippen LogP contribution in [0.2, 0.25) is 0 Å². The number of rotatable bonds is 9. The molecule has 0 atom stereocenters. The number of sulfonamides is 1. The van der Waals surface area contributed by atoms with E-state index >= 15 is 0 Å². The predicted molar refractivity (Wildman–Crippen MR) is 82.7 cm³/mol. The molecule has 0 fully saturated rings. The van der Waals surface area contributed by atoms with Crippen molar-refractivity contribution in [2.45, 2.75) is 17.7 Å². The number of hydrogen-bond acceptors (Lipinski definition) is 5. The van der Waals surface area contributed by atoms with Gasteiger partial charge in [-0.05, 0) is 25.6 Å². The van der Waals surface area contributed by atoms with Gasteiger partial charge in [0.05, 0.1) is 6.61 Å². The number of nitrogens with zero attached hydrogens (tertiary/aromatic N) is 1. The minimum Gasteiger partial charge on any atom is -0.383 e. The Balaban J connectivity index is 3.05. The number of aryl methyl sites for hydroxylation is 1. The fraction of sp³-hybridized carbons (Fsp3) is 0.538. The first-order valence-corrected chi connectivity index (χ1v) is 8.57. The Morgan fingerprint density at radius 1 is 1.55 bits per heavy atom. The van der Waals surface area contributed by atoms with Crippen molar-refractivity contribution in [2.24, 2.45) is 0 Å². The summed E-state index contributed by atoms with van der Waals surface area (Å²) in [5.41, 5.74) is 0.994. The maximum atomic E-state index is 12.6. The molecule has 0 aliphatic carbocycles. The molecule has 1 rings (SSSR count). The molecule has 0 unspecified atom stereocenters. The Labute approximate surface area is 125 Å². The number of methoxy groups -OCH3 is 1. The minimum atomic E-state index is -3.48. The van der Waals surface area contributed by atoms with E-state index in [1.54, 1.807) is 19.3 Å². The highest BCUT2D eigenvalue weighted by atomic mass is 32.2. The van der Waals surface area contributed by atoms with Crippen molar-refractivity contribution in [3.63, 3.8) is 0 Å². The summed E-state index contributed by atoms with van der Waals surface area (Å²) in [6.07, 6.45) is 1.59. The van der Waals surface area contributed by atoms with Gasteiger partial charge < -0.3 is 10.1 Å². The Morgan fingerprint density at radius 3 is 2.80 bits per heavy atom. The Morgan fingerprint density at radius 2 is 2.25 bits per heavy atom. The normalized spacial score (nSPS) is 12.0. The molecule has 1 aromatic rings. The van der Waals surface area contributed by atoms with Crippen LogP contribution in [0.3, 0.4) is 0 Å². The largest absolute Gasteiger partial charge is 0.383 e. The van der Waals surface area contributed by atoms with Crippen molar-refractivity contribution >= 4 is 21.4 Å². The van der Waals surface area contributed by atoms with Gasteiger partial charge in [-0.15, -0.1) is 17.9 Å². The highest BCUT2D eigenvalue weighted by molar-refractivity contribution is 7.91. The van der Waals surface area contributed by atoms with Crippen LogP contribution in [0.15, 0.2) is 22.9 Å². The standard InChI is InChI=1S/C13H22N2O3S2/c1-5-6-15(7-8-18-4)20(16,17)13-9-11(2)12(19-13)10-14-3/h5,9,14H,1,6-8,10H2,2-4H3. The van der Waals surface area contributed by atoms with Gasteiger partial charge in [-0.1, -0.05) is 6.08 Å². The van der Waals surface area contributed by atoms with Crippen LogP contribution in [0.4, 0.5) is 0 Å². The zero-order valence-electron chi connectivity index (χ0n) is 12.2. The molecule has 20 heavy (non-hydrogen) atoms. The SMILES string of the molecule is C=CCN(CCOC)S(=O)(=O)c1cc(C)c(CNC)s1. The van der Waals surface area contributed by atoms with Crippen LogP contribution in [0, 0.1) is 6.92 Å². The summed E-state index contributed by atoms with van der Waals surface area (Å²) in [5.74, 6) is 0. The van der Waals surface area contributed by atoms with E-state index in [0.717, 1.165) is 10.4 Å². The van der Waals surface area contributed by atoms with E-state index in [-0.39, 0.29) is 6.54 Å². The molecule has 0 radical (unpaired) electrons.